The first-order valence-corrected chi connectivity index (χ1v) is 9.16. The number of hydrogen-bond acceptors (Lipinski definition) is 4. The van der Waals surface area contributed by atoms with E-state index in [1.807, 2.05) is 51.1 Å². The summed E-state index contributed by atoms with van der Waals surface area (Å²) in [6.07, 6.45) is 0.590. The third kappa shape index (κ3) is 2.93. The van der Waals surface area contributed by atoms with Gasteiger partial charge in [-0.05, 0) is 61.6 Å². The Hall–Kier alpha value is -1.53. The highest BCUT2D eigenvalue weighted by atomic mass is 35.5. The van der Waals surface area contributed by atoms with Gasteiger partial charge in [0.05, 0.1) is 11.3 Å². The Balaban J connectivity index is 1.65. The number of hydrogen-bond donors (Lipinski definition) is 1. The first-order chi connectivity index (χ1) is 12.2. The van der Waals surface area contributed by atoms with Crippen molar-refractivity contribution in [2.24, 2.45) is 5.16 Å². The topological polar surface area (TPSA) is 51.0 Å². The van der Waals surface area contributed by atoms with E-state index in [4.69, 9.17) is 32.7 Å². The maximum absolute atomic E-state index is 10.1. The van der Waals surface area contributed by atoms with Gasteiger partial charge in [0.2, 0.25) is 0 Å². The number of fused-ring (bicyclic) bond motifs is 1. The standard InChI is InChI=1S/C19H18BCl2NO3/c1-18(2)15-6-11(4-5-16(15)20(24)25-18)17-10-19(3,26-23-17)12-7-13(21)9-14(22)8-12/h4-9,24H,10H2,1-3H3. The van der Waals surface area contributed by atoms with E-state index < -0.39 is 18.3 Å². The van der Waals surface area contributed by atoms with Crippen LogP contribution >= 0.6 is 23.2 Å². The van der Waals surface area contributed by atoms with Crippen LogP contribution in [0.3, 0.4) is 0 Å². The summed E-state index contributed by atoms with van der Waals surface area (Å²) in [6.45, 7) is 5.85. The molecule has 134 valence electrons. The van der Waals surface area contributed by atoms with Crippen molar-refractivity contribution in [3.05, 3.63) is 63.1 Å². The van der Waals surface area contributed by atoms with Crippen molar-refractivity contribution in [2.45, 2.75) is 38.4 Å². The summed E-state index contributed by atoms with van der Waals surface area (Å²) in [5, 5.41) is 15.5. The maximum Gasteiger partial charge on any atom is 0.492 e. The van der Waals surface area contributed by atoms with Gasteiger partial charge in [0.1, 0.15) is 0 Å². The first-order valence-electron chi connectivity index (χ1n) is 8.40. The zero-order valence-electron chi connectivity index (χ0n) is 14.7. The molecular formula is C19H18BCl2NO3. The lowest BCUT2D eigenvalue weighted by Gasteiger charge is -2.22. The van der Waals surface area contributed by atoms with Crippen LogP contribution in [0.1, 0.15) is 43.9 Å². The van der Waals surface area contributed by atoms with Crippen molar-refractivity contribution >= 4 is 41.5 Å². The van der Waals surface area contributed by atoms with E-state index in [0.717, 1.165) is 27.9 Å². The Morgan fingerprint density at radius 3 is 2.46 bits per heavy atom. The highest BCUT2D eigenvalue weighted by Crippen LogP contribution is 2.39. The van der Waals surface area contributed by atoms with E-state index in [2.05, 4.69) is 5.16 Å². The molecular weight excluding hydrogens is 372 g/mol. The average molecular weight is 390 g/mol. The van der Waals surface area contributed by atoms with Gasteiger partial charge in [0, 0.05) is 22.0 Å². The number of rotatable bonds is 2. The molecule has 2 aromatic rings. The predicted octanol–water partition coefficient (Wildman–Crippen LogP) is 3.99. The van der Waals surface area contributed by atoms with Gasteiger partial charge in [0.15, 0.2) is 5.60 Å². The van der Waals surface area contributed by atoms with E-state index in [0.29, 0.717) is 16.5 Å². The van der Waals surface area contributed by atoms with Crippen molar-refractivity contribution < 1.29 is 14.5 Å². The fourth-order valence-corrected chi connectivity index (χ4v) is 4.11. The van der Waals surface area contributed by atoms with Crippen LogP contribution in [-0.2, 0) is 20.7 Å². The third-order valence-corrected chi connectivity index (χ3v) is 5.48. The van der Waals surface area contributed by atoms with Crippen molar-refractivity contribution in [1.29, 1.82) is 0 Å². The molecule has 0 aliphatic carbocycles. The van der Waals surface area contributed by atoms with Gasteiger partial charge in [-0.2, -0.15) is 0 Å². The molecule has 0 fully saturated rings. The number of oxime groups is 1. The molecule has 0 bridgehead atoms. The van der Waals surface area contributed by atoms with E-state index >= 15 is 0 Å². The second kappa shape index (κ2) is 5.99. The molecule has 0 amide bonds. The van der Waals surface area contributed by atoms with Gasteiger partial charge in [-0.3, -0.25) is 0 Å². The Bertz CT molecular complexity index is 911. The Morgan fingerprint density at radius 2 is 1.77 bits per heavy atom. The van der Waals surface area contributed by atoms with Crippen LogP contribution in [0.25, 0.3) is 0 Å². The van der Waals surface area contributed by atoms with E-state index in [1.165, 1.54) is 0 Å². The number of halogens is 2. The van der Waals surface area contributed by atoms with Crippen LogP contribution in [0.2, 0.25) is 10.0 Å². The summed E-state index contributed by atoms with van der Waals surface area (Å²) in [5.74, 6) is 0. The van der Waals surface area contributed by atoms with Crippen molar-refractivity contribution in [2.75, 3.05) is 0 Å². The van der Waals surface area contributed by atoms with E-state index in [9.17, 15) is 5.02 Å². The Morgan fingerprint density at radius 1 is 1.08 bits per heavy atom. The minimum Gasteiger partial charge on any atom is -0.423 e. The molecule has 2 aliphatic heterocycles. The number of benzene rings is 2. The zero-order chi connectivity index (χ0) is 18.7. The summed E-state index contributed by atoms with van der Waals surface area (Å²) in [4.78, 5) is 5.79. The molecule has 0 radical (unpaired) electrons. The van der Waals surface area contributed by atoms with Gasteiger partial charge >= 0.3 is 7.12 Å². The second-order valence-corrected chi connectivity index (χ2v) is 8.35. The molecule has 1 atom stereocenters. The average Bonchev–Trinajstić information content (AvgIpc) is 3.06. The SMILES string of the molecule is CC1(C)OB(O)c2ccc(C3=NOC(C)(c4cc(Cl)cc(Cl)c4)C3)cc21. The molecule has 1 N–H and O–H groups in total. The normalized spacial score (nSPS) is 23.6. The minimum atomic E-state index is -0.894. The lowest BCUT2D eigenvalue weighted by Crippen LogP contribution is -2.28. The molecule has 0 aromatic heterocycles. The van der Waals surface area contributed by atoms with Crippen LogP contribution in [-0.4, -0.2) is 17.9 Å². The highest BCUT2D eigenvalue weighted by molar-refractivity contribution is 6.62. The quantitative estimate of drug-likeness (QED) is 0.790. The molecule has 7 heteroatoms. The first kappa shape index (κ1) is 17.9. The monoisotopic (exact) mass is 389 g/mol. The van der Waals surface area contributed by atoms with Crippen LogP contribution in [0, 0.1) is 0 Å². The summed E-state index contributed by atoms with van der Waals surface area (Å²) >= 11 is 12.3. The summed E-state index contributed by atoms with van der Waals surface area (Å²) in [6, 6.07) is 11.2. The zero-order valence-corrected chi connectivity index (χ0v) is 16.2. The fourth-order valence-electron chi connectivity index (χ4n) is 3.59. The fraction of sp³-hybridized carbons (Fsp3) is 0.316. The van der Waals surface area contributed by atoms with Crippen molar-refractivity contribution in [3.8, 4) is 0 Å². The lowest BCUT2D eigenvalue weighted by molar-refractivity contribution is -0.00737. The lowest BCUT2D eigenvalue weighted by atomic mass is 9.77. The largest absolute Gasteiger partial charge is 0.492 e. The Labute approximate surface area is 162 Å². The summed E-state index contributed by atoms with van der Waals surface area (Å²) in [5.41, 5.74) is 3.25. The predicted molar refractivity (Wildman–Crippen MR) is 104 cm³/mol. The van der Waals surface area contributed by atoms with Gasteiger partial charge < -0.3 is 14.5 Å². The molecule has 0 saturated carbocycles. The van der Waals surface area contributed by atoms with Crippen LogP contribution in [0.4, 0.5) is 0 Å². The minimum absolute atomic E-state index is 0.547. The molecule has 1 unspecified atom stereocenters. The molecule has 0 spiro atoms. The van der Waals surface area contributed by atoms with Crippen LogP contribution in [0.5, 0.6) is 0 Å². The van der Waals surface area contributed by atoms with Gasteiger partial charge in [-0.25, -0.2) is 0 Å². The smallest absolute Gasteiger partial charge is 0.423 e. The van der Waals surface area contributed by atoms with Crippen LogP contribution < -0.4 is 5.46 Å². The Kier molecular flexibility index (Phi) is 4.12. The molecule has 2 heterocycles. The van der Waals surface area contributed by atoms with Crippen LogP contribution in [0.15, 0.2) is 41.6 Å². The summed E-state index contributed by atoms with van der Waals surface area (Å²) in [7, 11) is -0.894. The van der Waals surface area contributed by atoms with Gasteiger partial charge in [0.25, 0.3) is 0 Å². The molecule has 4 rings (SSSR count). The van der Waals surface area contributed by atoms with E-state index in [1.54, 1.807) is 6.07 Å². The third-order valence-electron chi connectivity index (χ3n) is 5.04. The molecule has 0 saturated heterocycles. The highest BCUT2D eigenvalue weighted by Gasteiger charge is 2.42. The van der Waals surface area contributed by atoms with Gasteiger partial charge in [-0.15, -0.1) is 0 Å². The van der Waals surface area contributed by atoms with Crippen molar-refractivity contribution in [1.82, 2.24) is 0 Å². The molecule has 4 nitrogen and oxygen atoms in total. The summed E-state index contributed by atoms with van der Waals surface area (Å²) < 4.78 is 5.63. The second-order valence-electron chi connectivity index (χ2n) is 7.48. The number of nitrogens with zero attached hydrogens (tertiary/aromatic N) is 1. The molecule has 26 heavy (non-hydrogen) atoms. The van der Waals surface area contributed by atoms with Crippen molar-refractivity contribution in [3.63, 3.8) is 0 Å². The van der Waals surface area contributed by atoms with E-state index in [-0.39, 0.29) is 0 Å². The molecule has 2 aromatic carbocycles. The van der Waals surface area contributed by atoms with Gasteiger partial charge in [-0.1, -0.05) is 40.5 Å². The maximum atomic E-state index is 10.1. The molecule has 2 aliphatic rings.